The van der Waals surface area contributed by atoms with Crippen LogP contribution >= 0.6 is 7.92 Å². The van der Waals surface area contributed by atoms with Gasteiger partial charge in [0.05, 0.1) is 28.4 Å². The monoisotopic (exact) mass is 410 g/mol. The molecule has 3 aromatic carbocycles. The van der Waals surface area contributed by atoms with Crippen LogP contribution in [-0.4, -0.2) is 28.4 Å². The quantitative estimate of drug-likeness (QED) is 0.550. The molecule has 0 aromatic heterocycles. The van der Waals surface area contributed by atoms with Gasteiger partial charge in [-0.25, -0.2) is 0 Å². The van der Waals surface area contributed by atoms with E-state index in [2.05, 4.69) is 44.2 Å². The summed E-state index contributed by atoms with van der Waals surface area (Å²) in [6.07, 6.45) is 0. The van der Waals surface area contributed by atoms with Crippen LogP contribution in [0.4, 0.5) is 0 Å². The van der Waals surface area contributed by atoms with Crippen molar-refractivity contribution >= 4 is 23.8 Å². The maximum absolute atomic E-state index is 5.81. The summed E-state index contributed by atoms with van der Waals surface area (Å²) in [7, 11) is 5.69. The number of benzene rings is 3. The van der Waals surface area contributed by atoms with Crippen LogP contribution in [0.3, 0.4) is 0 Å². The highest BCUT2D eigenvalue weighted by molar-refractivity contribution is 7.80. The Morgan fingerprint density at radius 3 is 1.45 bits per heavy atom. The van der Waals surface area contributed by atoms with Gasteiger partial charge in [0.25, 0.3) is 0 Å². The molecular weight excluding hydrogens is 383 g/mol. The summed E-state index contributed by atoms with van der Waals surface area (Å²) < 4.78 is 22.8. The number of ether oxygens (including phenoxy) is 4. The molecule has 0 N–H and O–H groups in total. The van der Waals surface area contributed by atoms with Gasteiger partial charge in [-0.1, -0.05) is 30.3 Å². The molecule has 0 aliphatic heterocycles. The van der Waals surface area contributed by atoms with Crippen LogP contribution in [-0.2, 0) is 0 Å². The molecule has 29 heavy (non-hydrogen) atoms. The Morgan fingerprint density at radius 1 is 0.552 bits per heavy atom. The van der Waals surface area contributed by atoms with E-state index in [1.807, 2.05) is 24.3 Å². The van der Waals surface area contributed by atoms with Crippen molar-refractivity contribution in [3.63, 3.8) is 0 Å². The molecule has 152 valence electrons. The number of hydrogen-bond acceptors (Lipinski definition) is 4. The molecule has 0 heterocycles. The van der Waals surface area contributed by atoms with Crippen LogP contribution in [0.1, 0.15) is 11.1 Å². The second kappa shape index (κ2) is 9.19. The maximum Gasteiger partial charge on any atom is 0.169 e. The fraction of sp³-hybridized carbons (Fsp3) is 0.250. The number of hydrogen-bond donors (Lipinski definition) is 0. The van der Waals surface area contributed by atoms with Gasteiger partial charge in [0, 0.05) is 10.6 Å². The van der Waals surface area contributed by atoms with E-state index in [1.54, 1.807) is 28.4 Å². The van der Waals surface area contributed by atoms with Crippen molar-refractivity contribution in [3.8, 4) is 23.0 Å². The Morgan fingerprint density at radius 2 is 1.00 bits per heavy atom. The number of aryl methyl sites for hydroxylation is 1. The zero-order valence-electron chi connectivity index (χ0n) is 17.8. The van der Waals surface area contributed by atoms with Crippen molar-refractivity contribution in [1.29, 1.82) is 0 Å². The van der Waals surface area contributed by atoms with Gasteiger partial charge >= 0.3 is 0 Å². The molecule has 0 spiro atoms. The van der Waals surface area contributed by atoms with Gasteiger partial charge in [0.2, 0.25) is 0 Å². The highest BCUT2D eigenvalue weighted by Gasteiger charge is 2.28. The molecule has 0 saturated carbocycles. The molecule has 0 radical (unpaired) electrons. The predicted octanol–water partition coefficient (Wildman–Crippen LogP) is 4.10. The summed E-state index contributed by atoms with van der Waals surface area (Å²) in [5, 5.41) is 3.39. The van der Waals surface area contributed by atoms with E-state index in [1.165, 1.54) is 16.4 Å². The highest BCUT2D eigenvalue weighted by Crippen LogP contribution is 2.45. The molecule has 0 aliphatic carbocycles. The summed E-state index contributed by atoms with van der Waals surface area (Å²) in [6, 6.07) is 18.5. The summed E-state index contributed by atoms with van der Waals surface area (Å²) in [5.74, 6) is 2.91. The van der Waals surface area contributed by atoms with Gasteiger partial charge in [-0.3, -0.25) is 0 Å². The highest BCUT2D eigenvalue weighted by atomic mass is 31.1. The average molecular weight is 410 g/mol. The third-order valence-corrected chi connectivity index (χ3v) is 7.70. The van der Waals surface area contributed by atoms with Crippen molar-refractivity contribution in [2.24, 2.45) is 0 Å². The molecular formula is C24H27O4P. The summed E-state index contributed by atoms with van der Waals surface area (Å²) >= 11 is 0. The molecule has 0 saturated heterocycles. The van der Waals surface area contributed by atoms with Crippen LogP contribution in [0.15, 0.2) is 54.6 Å². The lowest BCUT2D eigenvalue weighted by atomic mass is 10.1. The van der Waals surface area contributed by atoms with Gasteiger partial charge < -0.3 is 18.9 Å². The number of methoxy groups -OCH3 is 4. The molecule has 0 fully saturated rings. The summed E-state index contributed by atoms with van der Waals surface area (Å²) in [4.78, 5) is 0. The van der Waals surface area contributed by atoms with Crippen LogP contribution < -0.4 is 34.9 Å². The van der Waals surface area contributed by atoms with E-state index in [0.717, 1.165) is 22.1 Å². The van der Waals surface area contributed by atoms with E-state index < -0.39 is 7.92 Å². The lowest BCUT2D eigenvalue weighted by Crippen LogP contribution is -2.25. The topological polar surface area (TPSA) is 36.9 Å². The second-order valence-corrected chi connectivity index (χ2v) is 8.70. The molecule has 0 amide bonds. The van der Waals surface area contributed by atoms with Gasteiger partial charge in [-0.05, 0) is 62.5 Å². The minimum absolute atomic E-state index is 0.713. The standard InChI is InChI=1S/C24H27O4P/c1-16-10-7-13-20(17(16)2)29(21-14-8-11-18(25-3)23(21)27-5)22-15-9-12-19(26-4)24(22)28-6/h7-15H,1-6H3. The van der Waals surface area contributed by atoms with E-state index in [0.29, 0.717) is 11.5 Å². The Kier molecular flexibility index (Phi) is 6.66. The van der Waals surface area contributed by atoms with E-state index in [9.17, 15) is 0 Å². The molecule has 3 rings (SSSR count). The summed E-state index contributed by atoms with van der Waals surface area (Å²) in [5.41, 5.74) is 2.51. The molecule has 0 aliphatic rings. The second-order valence-electron chi connectivity index (χ2n) is 6.58. The zero-order valence-corrected chi connectivity index (χ0v) is 18.7. The molecule has 0 bridgehead atoms. The largest absolute Gasteiger partial charge is 0.493 e. The first-order valence-corrected chi connectivity index (χ1v) is 10.7. The Bertz CT molecular complexity index is 945. The fourth-order valence-electron chi connectivity index (χ4n) is 3.46. The van der Waals surface area contributed by atoms with Crippen molar-refractivity contribution in [2.75, 3.05) is 28.4 Å². The van der Waals surface area contributed by atoms with Gasteiger partial charge in [-0.15, -0.1) is 0 Å². The number of para-hydroxylation sites is 2. The first-order chi connectivity index (χ1) is 14.1. The first-order valence-electron chi connectivity index (χ1n) is 9.35. The molecule has 4 nitrogen and oxygen atoms in total. The molecule has 0 unspecified atom stereocenters. The Balaban J connectivity index is 2.38. The van der Waals surface area contributed by atoms with Crippen molar-refractivity contribution in [1.82, 2.24) is 0 Å². The van der Waals surface area contributed by atoms with Crippen LogP contribution in [0, 0.1) is 13.8 Å². The first kappa shape index (κ1) is 21.0. The van der Waals surface area contributed by atoms with Gasteiger partial charge in [0.15, 0.2) is 23.0 Å². The third-order valence-electron chi connectivity index (χ3n) is 5.06. The number of rotatable bonds is 7. The third kappa shape index (κ3) is 3.90. The van der Waals surface area contributed by atoms with Crippen molar-refractivity contribution in [3.05, 3.63) is 65.7 Å². The minimum atomic E-state index is -0.990. The van der Waals surface area contributed by atoms with Gasteiger partial charge in [0.1, 0.15) is 0 Å². The maximum atomic E-state index is 5.81. The normalized spacial score (nSPS) is 10.7. The Hall–Kier alpha value is -2.71. The van der Waals surface area contributed by atoms with E-state index in [-0.39, 0.29) is 0 Å². The lowest BCUT2D eigenvalue weighted by Gasteiger charge is -2.26. The molecule has 3 aromatic rings. The SMILES string of the molecule is COc1cccc(P(c2cccc(C)c2C)c2cccc(OC)c2OC)c1OC. The minimum Gasteiger partial charge on any atom is -0.493 e. The van der Waals surface area contributed by atoms with E-state index in [4.69, 9.17) is 18.9 Å². The Labute approximate surface area is 174 Å². The average Bonchev–Trinajstić information content (AvgIpc) is 2.76. The predicted molar refractivity (Wildman–Crippen MR) is 121 cm³/mol. The van der Waals surface area contributed by atoms with Crippen molar-refractivity contribution < 1.29 is 18.9 Å². The van der Waals surface area contributed by atoms with E-state index >= 15 is 0 Å². The smallest absolute Gasteiger partial charge is 0.169 e. The van der Waals surface area contributed by atoms with Crippen molar-refractivity contribution in [2.45, 2.75) is 13.8 Å². The molecule has 0 atom stereocenters. The fourth-order valence-corrected chi connectivity index (χ4v) is 6.26. The summed E-state index contributed by atoms with van der Waals surface area (Å²) in [6.45, 7) is 4.30. The van der Waals surface area contributed by atoms with Gasteiger partial charge in [-0.2, -0.15) is 0 Å². The van der Waals surface area contributed by atoms with Crippen LogP contribution in [0.25, 0.3) is 0 Å². The van der Waals surface area contributed by atoms with Crippen LogP contribution in [0.5, 0.6) is 23.0 Å². The zero-order chi connectivity index (χ0) is 21.0. The van der Waals surface area contributed by atoms with Crippen LogP contribution in [0.2, 0.25) is 0 Å². The molecule has 5 heteroatoms. The lowest BCUT2D eigenvalue weighted by molar-refractivity contribution is 0.357.